The number of halogens is 2. The Morgan fingerprint density at radius 1 is 0.846 bits per heavy atom. The number of piperazine rings is 1. The molecule has 2 heterocycles. The van der Waals surface area contributed by atoms with Crippen molar-refractivity contribution in [2.45, 2.75) is 45.4 Å². The second-order valence-corrected chi connectivity index (χ2v) is 14.0. The van der Waals surface area contributed by atoms with Crippen molar-refractivity contribution in [2.24, 2.45) is 5.92 Å². The molecule has 274 valence electrons. The van der Waals surface area contributed by atoms with Crippen molar-refractivity contribution < 1.29 is 23.5 Å². The number of amides is 2. The molecular weight excluding hydrogens is 679 g/mol. The molecule has 6 rings (SSSR count). The van der Waals surface area contributed by atoms with Gasteiger partial charge in [0, 0.05) is 55.9 Å². The molecular formula is C42H48ClFN4O4. The third kappa shape index (κ3) is 10.1. The minimum absolute atomic E-state index is 0.0231. The van der Waals surface area contributed by atoms with Gasteiger partial charge in [0.25, 0.3) is 0 Å². The standard InChI is InChI=1S/C42H48ClFN4O4/c1-2-51-39-28-37(44)15-13-35(39)29-47-23-25-48(26-24-47)41(49)40(45-42(50)52-30-31-9-5-3-6-10-31)33-17-20-46(21-18-33)22-19-34-27-36(43)14-16-38(34)32-11-7-4-8-12-32/h3-16,27-28,33,40H,2,17-26,29-30H2,1H3,(H,45,50)/t40-/m1/s1. The van der Waals surface area contributed by atoms with Crippen molar-refractivity contribution in [1.82, 2.24) is 20.0 Å². The van der Waals surface area contributed by atoms with Crippen LogP contribution in [-0.2, 0) is 29.1 Å². The van der Waals surface area contributed by atoms with Crippen LogP contribution >= 0.6 is 11.6 Å². The number of benzene rings is 4. The molecule has 0 spiro atoms. The van der Waals surface area contributed by atoms with Gasteiger partial charge in [0.15, 0.2) is 0 Å². The normalized spacial score (nSPS) is 16.3. The molecule has 2 aliphatic heterocycles. The molecule has 0 aliphatic carbocycles. The number of rotatable bonds is 13. The van der Waals surface area contributed by atoms with E-state index in [1.54, 1.807) is 6.07 Å². The molecule has 2 saturated heterocycles. The lowest BCUT2D eigenvalue weighted by Gasteiger charge is -2.40. The Kier molecular flexibility index (Phi) is 13.2. The summed E-state index contributed by atoms with van der Waals surface area (Å²) < 4.78 is 25.1. The molecule has 0 aromatic heterocycles. The summed E-state index contributed by atoms with van der Waals surface area (Å²) in [6, 6.07) is 30.0. The maximum Gasteiger partial charge on any atom is 0.408 e. The first kappa shape index (κ1) is 37.3. The number of alkyl carbamates (subject to hydrolysis) is 1. The van der Waals surface area contributed by atoms with Crippen molar-refractivity contribution in [3.8, 4) is 16.9 Å². The lowest BCUT2D eigenvalue weighted by atomic mass is 9.88. The predicted octanol–water partition coefficient (Wildman–Crippen LogP) is 7.44. The molecule has 8 nitrogen and oxygen atoms in total. The van der Waals surface area contributed by atoms with E-state index in [0.717, 1.165) is 55.0 Å². The summed E-state index contributed by atoms with van der Waals surface area (Å²) >= 11 is 6.43. The van der Waals surface area contributed by atoms with Crippen LogP contribution in [0, 0.1) is 11.7 Å². The van der Waals surface area contributed by atoms with E-state index in [-0.39, 0.29) is 24.2 Å². The monoisotopic (exact) mass is 726 g/mol. The second-order valence-electron chi connectivity index (χ2n) is 13.6. The van der Waals surface area contributed by atoms with Crippen LogP contribution in [-0.4, -0.2) is 85.2 Å². The van der Waals surface area contributed by atoms with Gasteiger partial charge < -0.3 is 24.6 Å². The van der Waals surface area contributed by atoms with E-state index >= 15 is 0 Å². The first-order valence-electron chi connectivity index (χ1n) is 18.3. The van der Waals surface area contributed by atoms with Crippen molar-refractivity contribution >= 4 is 23.6 Å². The quantitative estimate of drug-likeness (QED) is 0.155. The van der Waals surface area contributed by atoms with Gasteiger partial charge in [-0.2, -0.15) is 0 Å². The number of carbonyl (C=O) groups is 2. The van der Waals surface area contributed by atoms with Gasteiger partial charge in [-0.1, -0.05) is 84.4 Å². The molecule has 0 bridgehead atoms. The second kappa shape index (κ2) is 18.4. The molecule has 4 aromatic carbocycles. The zero-order valence-electron chi connectivity index (χ0n) is 29.8. The first-order valence-corrected chi connectivity index (χ1v) is 18.7. The van der Waals surface area contributed by atoms with E-state index in [9.17, 15) is 14.0 Å². The molecule has 0 saturated carbocycles. The SMILES string of the molecule is CCOc1cc(F)ccc1CN1CCN(C(=O)[C@H](NC(=O)OCc2ccccc2)C2CCN(CCc3cc(Cl)ccc3-c3ccccc3)CC2)CC1. The number of nitrogens with one attached hydrogen (secondary N) is 1. The van der Waals surface area contributed by atoms with Crippen LogP contribution < -0.4 is 10.1 Å². The summed E-state index contributed by atoms with van der Waals surface area (Å²) in [7, 11) is 0. The molecule has 1 N–H and O–H groups in total. The van der Waals surface area contributed by atoms with Gasteiger partial charge in [0.2, 0.25) is 5.91 Å². The zero-order chi connectivity index (χ0) is 36.3. The number of hydrogen-bond acceptors (Lipinski definition) is 6. The summed E-state index contributed by atoms with van der Waals surface area (Å²) in [4.78, 5) is 33.9. The van der Waals surface area contributed by atoms with Crippen molar-refractivity contribution in [3.63, 3.8) is 0 Å². The number of carbonyl (C=O) groups excluding carboxylic acids is 2. The molecule has 2 aliphatic rings. The lowest BCUT2D eigenvalue weighted by Crippen LogP contribution is -2.58. The maximum absolute atomic E-state index is 14.2. The van der Waals surface area contributed by atoms with E-state index < -0.39 is 12.1 Å². The highest BCUT2D eigenvalue weighted by molar-refractivity contribution is 6.30. The van der Waals surface area contributed by atoms with Crippen molar-refractivity contribution in [1.29, 1.82) is 0 Å². The van der Waals surface area contributed by atoms with Crippen LogP contribution in [0.15, 0.2) is 97.1 Å². The largest absolute Gasteiger partial charge is 0.493 e. The highest BCUT2D eigenvalue weighted by Gasteiger charge is 2.36. The molecule has 0 radical (unpaired) electrons. The van der Waals surface area contributed by atoms with E-state index in [2.05, 4.69) is 39.4 Å². The molecule has 52 heavy (non-hydrogen) atoms. The summed E-state index contributed by atoms with van der Waals surface area (Å²) in [6.07, 6.45) is 1.83. The van der Waals surface area contributed by atoms with Crippen LogP contribution in [0.4, 0.5) is 9.18 Å². The van der Waals surface area contributed by atoms with Crippen molar-refractivity contribution in [2.75, 3.05) is 52.4 Å². The smallest absolute Gasteiger partial charge is 0.408 e. The topological polar surface area (TPSA) is 74.3 Å². The van der Waals surface area contributed by atoms with Crippen LogP contribution in [0.3, 0.4) is 0 Å². The molecule has 1 atom stereocenters. The van der Waals surface area contributed by atoms with E-state index in [4.69, 9.17) is 21.1 Å². The highest BCUT2D eigenvalue weighted by atomic mass is 35.5. The number of ether oxygens (including phenoxy) is 2. The van der Waals surface area contributed by atoms with Gasteiger partial charge >= 0.3 is 6.09 Å². The fraction of sp³-hybridized carbons (Fsp3) is 0.381. The van der Waals surface area contributed by atoms with E-state index in [0.29, 0.717) is 45.1 Å². The Morgan fingerprint density at radius 3 is 2.27 bits per heavy atom. The Morgan fingerprint density at radius 2 is 1.56 bits per heavy atom. The Balaban J connectivity index is 1.07. The number of piperidine rings is 1. The third-order valence-electron chi connectivity index (χ3n) is 10.1. The zero-order valence-corrected chi connectivity index (χ0v) is 30.6. The van der Waals surface area contributed by atoms with Crippen molar-refractivity contribution in [3.05, 3.63) is 125 Å². The van der Waals surface area contributed by atoms with Gasteiger partial charge in [0.05, 0.1) is 6.61 Å². The van der Waals surface area contributed by atoms with E-state index in [1.807, 2.05) is 66.4 Å². The molecule has 10 heteroatoms. The molecule has 0 unspecified atom stereocenters. The van der Waals surface area contributed by atoms with Gasteiger partial charge in [-0.3, -0.25) is 9.69 Å². The van der Waals surface area contributed by atoms with Gasteiger partial charge in [-0.15, -0.1) is 0 Å². The Hall–Kier alpha value is -4.44. The predicted molar refractivity (Wildman–Crippen MR) is 203 cm³/mol. The minimum atomic E-state index is -0.684. The summed E-state index contributed by atoms with van der Waals surface area (Å²) in [5.41, 5.74) is 5.38. The van der Waals surface area contributed by atoms with Crippen LogP contribution in [0.25, 0.3) is 11.1 Å². The van der Waals surface area contributed by atoms with Crippen LogP contribution in [0.1, 0.15) is 36.5 Å². The van der Waals surface area contributed by atoms with Gasteiger partial charge in [-0.25, -0.2) is 9.18 Å². The summed E-state index contributed by atoms with van der Waals surface area (Å²) in [6.45, 7) is 7.97. The number of nitrogens with zero attached hydrogens (tertiary/aromatic N) is 3. The average molecular weight is 727 g/mol. The molecule has 2 amide bonds. The number of hydrogen-bond donors (Lipinski definition) is 1. The third-order valence-corrected chi connectivity index (χ3v) is 10.3. The maximum atomic E-state index is 14.2. The minimum Gasteiger partial charge on any atom is -0.493 e. The Bertz CT molecular complexity index is 1760. The van der Waals surface area contributed by atoms with Crippen LogP contribution in [0.2, 0.25) is 5.02 Å². The fourth-order valence-corrected chi connectivity index (χ4v) is 7.44. The van der Waals surface area contributed by atoms with Gasteiger partial charge in [-0.05, 0) is 85.6 Å². The highest BCUT2D eigenvalue weighted by Crippen LogP contribution is 2.29. The van der Waals surface area contributed by atoms with Crippen LogP contribution in [0.5, 0.6) is 5.75 Å². The Labute approximate surface area is 311 Å². The molecule has 2 fully saturated rings. The van der Waals surface area contributed by atoms with Gasteiger partial charge in [0.1, 0.15) is 24.2 Å². The number of likely N-dealkylation sites (tertiary alicyclic amines) is 1. The summed E-state index contributed by atoms with van der Waals surface area (Å²) in [5, 5.41) is 3.71. The summed E-state index contributed by atoms with van der Waals surface area (Å²) in [5.74, 6) is 0.130. The first-order chi connectivity index (χ1) is 25.4. The molecule has 4 aromatic rings. The average Bonchev–Trinajstić information content (AvgIpc) is 3.17. The fourth-order valence-electron chi connectivity index (χ4n) is 7.24. The van der Waals surface area contributed by atoms with E-state index in [1.165, 1.54) is 28.8 Å². The lowest BCUT2D eigenvalue weighted by molar-refractivity contribution is -0.137.